The Morgan fingerprint density at radius 1 is 1.47 bits per heavy atom. The first-order valence-corrected chi connectivity index (χ1v) is 5.96. The third kappa shape index (κ3) is 3.07. The van der Waals surface area contributed by atoms with Crippen molar-refractivity contribution in [1.82, 2.24) is 19.9 Å². The van der Waals surface area contributed by atoms with Crippen LogP contribution in [0.2, 0.25) is 0 Å². The van der Waals surface area contributed by atoms with Crippen LogP contribution in [-0.2, 0) is 13.1 Å². The smallest absolute Gasteiger partial charge is 0.304 e. The van der Waals surface area contributed by atoms with E-state index < -0.39 is 6.55 Å². The monoisotopic (exact) mass is 258 g/mol. The van der Waals surface area contributed by atoms with Gasteiger partial charge in [0.15, 0.2) is 0 Å². The Morgan fingerprint density at radius 3 is 2.94 bits per heavy atom. The summed E-state index contributed by atoms with van der Waals surface area (Å²) in [7, 11) is 0. The van der Waals surface area contributed by atoms with Crippen LogP contribution in [0.15, 0.2) is 17.8 Å². The van der Waals surface area contributed by atoms with E-state index in [-0.39, 0.29) is 0 Å². The van der Waals surface area contributed by atoms with E-state index in [9.17, 15) is 8.78 Å². The average Bonchev–Trinajstić information content (AvgIpc) is 2.87. The van der Waals surface area contributed by atoms with Crippen molar-refractivity contribution in [2.24, 2.45) is 0 Å². The van der Waals surface area contributed by atoms with Crippen LogP contribution in [0.3, 0.4) is 0 Å². The zero-order valence-corrected chi connectivity index (χ0v) is 10.0. The summed E-state index contributed by atoms with van der Waals surface area (Å²) in [6.07, 6.45) is 2.64. The molecule has 92 valence electrons. The van der Waals surface area contributed by atoms with Crippen LogP contribution >= 0.6 is 11.3 Å². The SMILES string of the molecule is Cc1nc(CNCc2nccn2C(F)F)cs1. The molecule has 0 bridgehead atoms. The van der Waals surface area contributed by atoms with Crippen LogP contribution in [0, 0.1) is 6.92 Å². The summed E-state index contributed by atoms with van der Waals surface area (Å²) in [5, 5.41) is 5.98. The van der Waals surface area contributed by atoms with E-state index >= 15 is 0 Å². The van der Waals surface area contributed by atoms with Crippen LogP contribution in [0.5, 0.6) is 0 Å². The number of hydrogen-bond acceptors (Lipinski definition) is 4. The number of nitrogens with zero attached hydrogens (tertiary/aromatic N) is 3. The van der Waals surface area contributed by atoms with Crippen LogP contribution in [0.1, 0.15) is 23.1 Å². The number of alkyl halides is 2. The summed E-state index contributed by atoms with van der Waals surface area (Å²) in [5.41, 5.74) is 0.919. The van der Waals surface area contributed by atoms with Gasteiger partial charge in [0.25, 0.3) is 0 Å². The van der Waals surface area contributed by atoms with Gasteiger partial charge in [-0.25, -0.2) is 9.97 Å². The normalized spacial score (nSPS) is 11.3. The molecule has 0 radical (unpaired) electrons. The van der Waals surface area contributed by atoms with Gasteiger partial charge in [-0.3, -0.25) is 4.57 Å². The van der Waals surface area contributed by atoms with Crippen LogP contribution < -0.4 is 5.32 Å². The molecule has 7 heteroatoms. The summed E-state index contributed by atoms with van der Waals surface area (Å²) in [6.45, 7) is 0.238. The second-order valence-electron chi connectivity index (χ2n) is 3.49. The first-order chi connectivity index (χ1) is 8.16. The second kappa shape index (κ2) is 5.33. The van der Waals surface area contributed by atoms with Crippen LogP contribution in [-0.4, -0.2) is 14.5 Å². The molecule has 0 unspecified atom stereocenters. The standard InChI is InChI=1S/C10H12F2N4S/c1-7-15-8(6-17-7)4-13-5-9-14-2-3-16(9)10(11)12/h2-3,6,10,13H,4-5H2,1H3. The minimum Gasteiger partial charge on any atom is -0.304 e. The summed E-state index contributed by atoms with van der Waals surface area (Å²) in [4.78, 5) is 8.14. The Bertz CT molecular complexity index is 480. The van der Waals surface area contributed by atoms with Gasteiger partial charge in [-0.05, 0) is 6.92 Å². The van der Waals surface area contributed by atoms with Crippen molar-refractivity contribution in [2.75, 3.05) is 0 Å². The van der Waals surface area contributed by atoms with Crippen LogP contribution in [0.25, 0.3) is 0 Å². The Morgan fingerprint density at radius 2 is 2.29 bits per heavy atom. The molecule has 0 spiro atoms. The van der Waals surface area contributed by atoms with Gasteiger partial charge >= 0.3 is 6.55 Å². The summed E-state index contributed by atoms with van der Waals surface area (Å²) in [6, 6.07) is 0. The molecule has 0 saturated heterocycles. The van der Waals surface area contributed by atoms with Crippen molar-refractivity contribution in [3.8, 4) is 0 Å². The lowest BCUT2D eigenvalue weighted by Crippen LogP contribution is -2.17. The van der Waals surface area contributed by atoms with Gasteiger partial charge in [-0.1, -0.05) is 0 Å². The lowest BCUT2D eigenvalue weighted by Gasteiger charge is -2.06. The predicted octanol–water partition coefficient (Wildman–Crippen LogP) is 2.33. The topological polar surface area (TPSA) is 42.7 Å². The third-order valence-electron chi connectivity index (χ3n) is 2.21. The maximum Gasteiger partial charge on any atom is 0.319 e. The van der Waals surface area contributed by atoms with Crippen molar-refractivity contribution < 1.29 is 8.78 Å². The minimum absolute atomic E-state index is 0.300. The lowest BCUT2D eigenvalue weighted by atomic mass is 10.4. The van der Waals surface area contributed by atoms with Crippen molar-refractivity contribution in [2.45, 2.75) is 26.6 Å². The molecule has 4 nitrogen and oxygen atoms in total. The molecule has 0 aliphatic heterocycles. The third-order valence-corrected chi connectivity index (χ3v) is 3.04. The van der Waals surface area contributed by atoms with Crippen molar-refractivity contribution in [3.63, 3.8) is 0 Å². The Kier molecular flexibility index (Phi) is 3.80. The highest BCUT2D eigenvalue weighted by atomic mass is 32.1. The van der Waals surface area contributed by atoms with E-state index in [2.05, 4.69) is 15.3 Å². The Balaban J connectivity index is 1.88. The van der Waals surface area contributed by atoms with E-state index in [0.29, 0.717) is 18.9 Å². The Hall–Kier alpha value is -1.34. The number of imidazole rings is 1. The minimum atomic E-state index is -2.55. The van der Waals surface area contributed by atoms with E-state index in [4.69, 9.17) is 0 Å². The summed E-state index contributed by atoms with van der Waals surface area (Å²) in [5.74, 6) is 0.326. The van der Waals surface area contributed by atoms with Gasteiger partial charge in [-0.2, -0.15) is 8.78 Å². The van der Waals surface area contributed by atoms with Gasteiger partial charge in [0.2, 0.25) is 0 Å². The maximum absolute atomic E-state index is 12.5. The van der Waals surface area contributed by atoms with E-state index in [1.165, 1.54) is 12.4 Å². The first-order valence-electron chi connectivity index (χ1n) is 5.08. The molecule has 0 aliphatic carbocycles. The number of rotatable bonds is 5. The number of nitrogens with one attached hydrogen (secondary N) is 1. The maximum atomic E-state index is 12.5. The fourth-order valence-corrected chi connectivity index (χ4v) is 2.06. The van der Waals surface area contributed by atoms with E-state index in [1.807, 2.05) is 12.3 Å². The molecule has 0 saturated carbocycles. The quantitative estimate of drug-likeness (QED) is 0.895. The largest absolute Gasteiger partial charge is 0.319 e. The zero-order valence-electron chi connectivity index (χ0n) is 9.23. The highest BCUT2D eigenvalue weighted by Crippen LogP contribution is 2.12. The van der Waals surface area contributed by atoms with Crippen LogP contribution in [0.4, 0.5) is 8.78 Å². The second-order valence-corrected chi connectivity index (χ2v) is 4.55. The Labute approximate surface area is 101 Å². The molecule has 0 aromatic carbocycles. The zero-order chi connectivity index (χ0) is 12.3. The van der Waals surface area contributed by atoms with E-state index in [1.54, 1.807) is 11.3 Å². The van der Waals surface area contributed by atoms with Gasteiger partial charge in [0, 0.05) is 24.3 Å². The first kappa shape index (κ1) is 12.1. The molecule has 0 amide bonds. The number of aryl methyl sites for hydroxylation is 1. The number of halogens is 2. The highest BCUT2D eigenvalue weighted by Gasteiger charge is 2.10. The fourth-order valence-electron chi connectivity index (χ4n) is 1.45. The number of hydrogen-bond donors (Lipinski definition) is 1. The molecule has 2 rings (SSSR count). The number of thiazole rings is 1. The summed E-state index contributed by atoms with van der Waals surface area (Å²) < 4.78 is 25.8. The average molecular weight is 258 g/mol. The molecule has 0 atom stereocenters. The van der Waals surface area contributed by atoms with Gasteiger partial charge in [0.1, 0.15) is 5.82 Å². The van der Waals surface area contributed by atoms with Gasteiger partial charge < -0.3 is 5.32 Å². The highest BCUT2D eigenvalue weighted by molar-refractivity contribution is 7.09. The predicted molar refractivity (Wildman–Crippen MR) is 60.9 cm³/mol. The molecule has 2 aromatic rings. The molecule has 2 heterocycles. The van der Waals surface area contributed by atoms with E-state index in [0.717, 1.165) is 15.3 Å². The van der Waals surface area contributed by atoms with Crippen molar-refractivity contribution in [3.05, 3.63) is 34.3 Å². The van der Waals surface area contributed by atoms with Crippen molar-refractivity contribution in [1.29, 1.82) is 0 Å². The van der Waals surface area contributed by atoms with Crippen molar-refractivity contribution >= 4 is 11.3 Å². The molecule has 2 aromatic heterocycles. The molecule has 0 fully saturated rings. The molecule has 1 N–H and O–H groups in total. The molecule has 0 aliphatic rings. The molecular weight excluding hydrogens is 246 g/mol. The fraction of sp³-hybridized carbons (Fsp3) is 0.400. The lowest BCUT2D eigenvalue weighted by molar-refractivity contribution is 0.0666. The van der Waals surface area contributed by atoms with Gasteiger partial charge in [-0.15, -0.1) is 11.3 Å². The van der Waals surface area contributed by atoms with Gasteiger partial charge in [0.05, 0.1) is 17.2 Å². The molecular formula is C10H12F2N4S. The number of aromatic nitrogens is 3. The molecule has 17 heavy (non-hydrogen) atoms. The summed E-state index contributed by atoms with van der Waals surface area (Å²) >= 11 is 1.57.